The monoisotopic (exact) mass is 383 g/mol. The summed E-state index contributed by atoms with van der Waals surface area (Å²) < 4.78 is 15.8. The Morgan fingerprint density at radius 2 is 1.54 bits per heavy atom. The van der Waals surface area contributed by atoms with Crippen LogP contribution < -0.4 is 5.32 Å². The molecule has 2 saturated heterocycles. The van der Waals surface area contributed by atoms with Gasteiger partial charge in [0.15, 0.2) is 12.6 Å². The summed E-state index contributed by atoms with van der Waals surface area (Å²) in [5, 5.41) is 70.5. The molecule has 12 nitrogen and oxygen atoms in total. The van der Waals surface area contributed by atoms with Crippen LogP contribution in [0.15, 0.2) is 0 Å². The maximum Gasteiger partial charge on any atom is 0.217 e. The standard InChI is InChI=1S/C14H25NO11/c1-4(18)15-7-9(20)8(19)5(2-16)25-14(7)26-12-6(3-17)24-13(23)11(22)10(12)21/h5-14,16-17,19-23H,2-3H2,1H3,(H,15,18)/t5-,6-,7-,8-,9-,10-,11-,12-,13+,14+/m1/s1. The fourth-order valence-corrected chi connectivity index (χ4v) is 2.98. The lowest BCUT2D eigenvalue weighted by Crippen LogP contribution is -2.67. The highest BCUT2D eigenvalue weighted by Crippen LogP contribution is 2.28. The van der Waals surface area contributed by atoms with E-state index < -0.39 is 80.5 Å². The Balaban J connectivity index is 2.22. The molecule has 0 aromatic rings. The molecule has 152 valence electrons. The van der Waals surface area contributed by atoms with Crippen LogP contribution in [-0.2, 0) is 19.0 Å². The highest BCUT2D eigenvalue weighted by molar-refractivity contribution is 5.73. The van der Waals surface area contributed by atoms with E-state index in [4.69, 9.17) is 14.2 Å². The first-order valence-electron chi connectivity index (χ1n) is 8.06. The molecule has 0 spiro atoms. The van der Waals surface area contributed by atoms with Crippen LogP contribution in [0.5, 0.6) is 0 Å². The summed E-state index contributed by atoms with van der Waals surface area (Å²) in [6, 6.07) is -1.28. The van der Waals surface area contributed by atoms with Crippen molar-refractivity contribution in [2.45, 2.75) is 68.3 Å². The largest absolute Gasteiger partial charge is 0.394 e. The van der Waals surface area contributed by atoms with Crippen LogP contribution >= 0.6 is 0 Å². The van der Waals surface area contributed by atoms with Gasteiger partial charge in [0.2, 0.25) is 5.91 Å². The van der Waals surface area contributed by atoms with E-state index in [1.165, 1.54) is 0 Å². The Hall–Kier alpha value is -0.930. The molecule has 2 fully saturated rings. The number of carbonyl (C=O) groups excluding carboxylic acids is 1. The molecule has 0 aromatic heterocycles. The molecule has 0 saturated carbocycles. The second-order valence-electron chi connectivity index (χ2n) is 6.26. The van der Waals surface area contributed by atoms with Crippen LogP contribution in [0.2, 0.25) is 0 Å². The van der Waals surface area contributed by atoms with Crippen molar-refractivity contribution in [1.29, 1.82) is 0 Å². The maximum absolute atomic E-state index is 11.4. The molecule has 0 bridgehead atoms. The van der Waals surface area contributed by atoms with E-state index in [-0.39, 0.29) is 0 Å². The first kappa shape index (κ1) is 21.4. The van der Waals surface area contributed by atoms with Crippen molar-refractivity contribution in [3.05, 3.63) is 0 Å². The van der Waals surface area contributed by atoms with Crippen LogP contribution in [0.25, 0.3) is 0 Å². The van der Waals surface area contributed by atoms with Gasteiger partial charge in [0.1, 0.15) is 48.8 Å². The third kappa shape index (κ3) is 4.31. The fraction of sp³-hybridized carbons (Fsp3) is 0.929. The molecule has 2 aliphatic heterocycles. The fourth-order valence-electron chi connectivity index (χ4n) is 2.98. The number of nitrogens with one attached hydrogen (secondary N) is 1. The first-order valence-corrected chi connectivity index (χ1v) is 8.06. The molecule has 2 aliphatic rings. The smallest absolute Gasteiger partial charge is 0.217 e. The van der Waals surface area contributed by atoms with Crippen molar-refractivity contribution in [2.24, 2.45) is 0 Å². The summed E-state index contributed by atoms with van der Waals surface area (Å²) in [7, 11) is 0. The van der Waals surface area contributed by atoms with Gasteiger partial charge in [-0.2, -0.15) is 0 Å². The Morgan fingerprint density at radius 3 is 2.08 bits per heavy atom. The normalized spacial score (nSPS) is 46.8. The van der Waals surface area contributed by atoms with Crippen LogP contribution in [0, 0.1) is 0 Å². The van der Waals surface area contributed by atoms with Gasteiger partial charge < -0.3 is 55.3 Å². The van der Waals surface area contributed by atoms with Crippen molar-refractivity contribution < 1.29 is 54.8 Å². The Kier molecular flexibility index (Phi) is 7.27. The van der Waals surface area contributed by atoms with Gasteiger partial charge in [0.25, 0.3) is 0 Å². The van der Waals surface area contributed by atoms with Crippen molar-refractivity contribution in [3.8, 4) is 0 Å². The summed E-state index contributed by atoms with van der Waals surface area (Å²) >= 11 is 0. The van der Waals surface area contributed by atoms with E-state index >= 15 is 0 Å². The third-order valence-corrected chi connectivity index (χ3v) is 4.38. The number of ether oxygens (including phenoxy) is 3. The van der Waals surface area contributed by atoms with Crippen LogP contribution in [0.3, 0.4) is 0 Å². The summed E-state index contributed by atoms with van der Waals surface area (Å²) in [5.41, 5.74) is 0. The molecular formula is C14H25NO11. The number of rotatable bonds is 5. The molecule has 0 aromatic carbocycles. The predicted octanol–water partition coefficient (Wildman–Crippen LogP) is -5.25. The van der Waals surface area contributed by atoms with E-state index in [1.807, 2.05) is 0 Å². The van der Waals surface area contributed by atoms with Gasteiger partial charge in [0, 0.05) is 6.92 Å². The lowest BCUT2D eigenvalue weighted by molar-refractivity contribution is -0.341. The summed E-state index contributed by atoms with van der Waals surface area (Å²) in [4.78, 5) is 11.4. The van der Waals surface area contributed by atoms with Gasteiger partial charge in [0.05, 0.1) is 13.2 Å². The number of aliphatic hydroxyl groups is 7. The van der Waals surface area contributed by atoms with Crippen LogP contribution in [-0.4, -0.2) is 116 Å². The zero-order valence-corrected chi connectivity index (χ0v) is 14.0. The van der Waals surface area contributed by atoms with Gasteiger partial charge in [-0.05, 0) is 0 Å². The lowest BCUT2D eigenvalue weighted by Gasteiger charge is -2.46. The average Bonchev–Trinajstić information content (AvgIpc) is 2.60. The van der Waals surface area contributed by atoms with Gasteiger partial charge in [-0.1, -0.05) is 0 Å². The van der Waals surface area contributed by atoms with E-state index in [0.29, 0.717) is 0 Å². The van der Waals surface area contributed by atoms with Crippen molar-refractivity contribution in [2.75, 3.05) is 13.2 Å². The Bertz CT molecular complexity index is 478. The molecule has 0 unspecified atom stereocenters. The second-order valence-corrected chi connectivity index (χ2v) is 6.26. The van der Waals surface area contributed by atoms with Crippen molar-refractivity contribution >= 4 is 5.91 Å². The summed E-state index contributed by atoms with van der Waals surface area (Å²) in [5.74, 6) is -0.574. The number of hydrogen-bond donors (Lipinski definition) is 8. The molecule has 1 amide bonds. The number of amides is 1. The molecule has 12 heteroatoms. The van der Waals surface area contributed by atoms with Crippen LogP contribution in [0.4, 0.5) is 0 Å². The minimum atomic E-state index is -1.75. The molecule has 10 atom stereocenters. The highest BCUT2D eigenvalue weighted by atomic mass is 16.7. The van der Waals surface area contributed by atoms with Gasteiger partial charge >= 0.3 is 0 Å². The Morgan fingerprint density at radius 1 is 0.923 bits per heavy atom. The summed E-state index contributed by atoms with van der Waals surface area (Å²) in [6.07, 6.45) is -13.6. The maximum atomic E-state index is 11.4. The third-order valence-electron chi connectivity index (χ3n) is 4.38. The summed E-state index contributed by atoms with van der Waals surface area (Å²) in [6.45, 7) is -0.194. The SMILES string of the molecule is CC(=O)N[C@H]1[C@H](O[C@H]2[C@H](O)[C@@H](O)[C@@H](O)O[C@@H]2CO)O[C@H](CO)[C@@H](O)[C@@H]1O. The van der Waals surface area contributed by atoms with E-state index in [1.54, 1.807) is 0 Å². The molecule has 0 aliphatic carbocycles. The van der Waals surface area contributed by atoms with E-state index in [0.717, 1.165) is 6.92 Å². The molecule has 8 N–H and O–H groups in total. The highest BCUT2D eigenvalue weighted by Gasteiger charge is 2.50. The molecule has 2 rings (SSSR count). The molecule has 26 heavy (non-hydrogen) atoms. The Labute approximate surface area is 148 Å². The zero-order valence-electron chi connectivity index (χ0n) is 14.0. The topological polar surface area (TPSA) is 198 Å². The number of carbonyl (C=O) groups is 1. The predicted molar refractivity (Wildman–Crippen MR) is 80.2 cm³/mol. The zero-order chi connectivity index (χ0) is 19.6. The minimum Gasteiger partial charge on any atom is -0.394 e. The number of aliphatic hydroxyl groups excluding tert-OH is 7. The van der Waals surface area contributed by atoms with Gasteiger partial charge in [-0.25, -0.2) is 0 Å². The molecule has 0 radical (unpaired) electrons. The average molecular weight is 383 g/mol. The quantitative estimate of drug-likeness (QED) is 0.226. The minimum absolute atomic E-state index is 0.574. The van der Waals surface area contributed by atoms with Crippen LogP contribution in [0.1, 0.15) is 6.92 Å². The van der Waals surface area contributed by atoms with Gasteiger partial charge in [-0.3, -0.25) is 4.79 Å². The van der Waals surface area contributed by atoms with E-state index in [2.05, 4.69) is 5.32 Å². The molecular weight excluding hydrogens is 358 g/mol. The second kappa shape index (κ2) is 8.84. The lowest BCUT2D eigenvalue weighted by atomic mass is 9.95. The molecule has 2 heterocycles. The first-order chi connectivity index (χ1) is 12.2. The van der Waals surface area contributed by atoms with Crippen molar-refractivity contribution in [1.82, 2.24) is 5.32 Å². The van der Waals surface area contributed by atoms with Crippen molar-refractivity contribution in [3.63, 3.8) is 0 Å². The van der Waals surface area contributed by atoms with E-state index in [9.17, 15) is 40.5 Å². The number of hydrogen-bond acceptors (Lipinski definition) is 11. The van der Waals surface area contributed by atoms with Gasteiger partial charge in [-0.15, -0.1) is 0 Å².